The number of phenols is 2. The molecule has 2 atom stereocenters. The van der Waals surface area contributed by atoms with E-state index in [1.54, 1.807) is 27.7 Å². The lowest BCUT2D eigenvalue weighted by atomic mass is 9.80. The summed E-state index contributed by atoms with van der Waals surface area (Å²) in [6.45, 7) is 24.6. The molecule has 0 saturated heterocycles. The number of allylic oxidation sites excluding steroid dienone is 2. The van der Waals surface area contributed by atoms with Crippen molar-refractivity contribution < 1.29 is 48.3 Å². The minimum Gasteiger partial charge on any atom is -0.507 e. The molecule has 0 spiro atoms. The molecule has 4 aromatic rings. The molecule has 0 saturated carbocycles. The van der Waals surface area contributed by atoms with Crippen molar-refractivity contribution in [2.75, 3.05) is 26.4 Å². The SMILES string of the molecule is CCCOc1c2cc(C(C)(C)C)cc1Cc1cc(C3NC(=O)NC(C)=C3C(=O)OCC)cc(c1O)Cc1cc(C(C)(C)C)cc(c1OCCC)Cc1cc(C3NC(=O)NC(C)=C3C(=O)OCC)cc(c1O)C2. The quantitative estimate of drug-likeness (QED) is 0.0655. The minimum absolute atomic E-state index is 0.0510. The van der Waals surface area contributed by atoms with Crippen molar-refractivity contribution in [3.05, 3.63) is 138 Å². The van der Waals surface area contributed by atoms with Gasteiger partial charge in [0.05, 0.1) is 49.7 Å². The molecule has 72 heavy (non-hydrogen) atoms. The van der Waals surface area contributed by atoms with E-state index < -0.39 is 36.1 Å². The summed E-state index contributed by atoms with van der Waals surface area (Å²) in [5.41, 5.74) is 8.84. The van der Waals surface area contributed by atoms with Crippen molar-refractivity contribution in [2.45, 2.75) is 145 Å². The molecule has 7 rings (SSSR count). The number of rotatable bonds is 12. The second-order valence-corrected chi connectivity index (χ2v) is 21.1. The zero-order valence-corrected chi connectivity index (χ0v) is 44.0. The maximum absolute atomic E-state index is 13.7. The fraction of sp³-hybridized carbons (Fsp3) is 0.448. The number of aromatic hydroxyl groups is 2. The molecule has 384 valence electrons. The number of amides is 4. The van der Waals surface area contributed by atoms with Crippen molar-refractivity contribution in [1.29, 1.82) is 0 Å². The van der Waals surface area contributed by atoms with Crippen LogP contribution in [0.25, 0.3) is 0 Å². The summed E-state index contributed by atoms with van der Waals surface area (Å²) in [4.78, 5) is 54.0. The van der Waals surface area contributed by atoms with Crippen LogP contribution in [-0.2, 0) is 55.6 Å². The summed E-state index contributed by atoms with van der Waals surface area (Å²) in [5.74, 6) is 0.121. The second kappa shape index (κ2) is 21.4. The Balaban J connectivity index is 1.59. The summed E-state index contributed by atoms with van der Waals surface area (Å²) < 4.78 is 24.6. The van der Waals surface area contributed by atoms with Gasteiger partial charge in [0.2, 0.25) is 0 Å². The van der Waals surface area contributed by atoms with Gasteiger partial charge in [-0.1, -0.05) is 79.7 Å². The first-order valence-electron chi connectivity index (χ1n) is 25.2. The Bertz CT molecular complexity index is 2570. The molecule has 3 aliphatic rings. The van der Waals surface area contributed by atoms with Gasteiger partial charge < -0.3 is 50.4 Å². The predicted octanol–water partition coefficient (Wildman–Crippen LogP) is 10.3. The van der Waals surface area contributed by atoms with Crippen molar-refractivity contribution >= 4 is 24.0 Å². The van der Waals surface area contributed by atoms with Crippen molar-refractivity contribution in [3.63, 3.8) is 0 Å². The summed E-state index contributed by atoms with van der Waals surface area (Å²) in [7, 11) is 0. The van der Waals surface area contributed by atoms with Crippen molar-refractivity contribution in [3.8, 4) is 23.0 Å². The van der Waals surface area contributed by atoms with Crippen LogP contribution < -0.4 is 30.7 Å². The van der Waals surface area contributed by atoms with Crippen LogP contribution in [0.5, 0.6) is 23.0 Å². The van der Waals surface area contributed by atoms with E-state index in [4.69, 9.17) is 18.9 Å². The van der Waals surface area contributed by atoms with Crippen LogP contribution in [0.2, 0.25) is 0 Å². The number of phenolic OH excluding ortho intramolecular Hbond substituents is 2. The highest BCUT2D eigenvalue weighted by Crippen LogP contribution is 2.44. The number of benzene rings is 4. The van der Waals surface area contributed by atoms with E-state index in [9.17, 15) is 29.4 Å². The van der Waals surface area contributed by atoms with Crippen LogP contribution in [0, 0.1) is 0 Å². The number of hydrogen-bond acceptors (Lipinski definition) is 10. The number of hydrogen-bond donors (Lipinski definition) is 6. The standard InChI is InChI=1S/C58H72N4O10/c1-13-17-71-51-39-23-35-19-33(47-45(53(65)69-15-3)31(5)59-55(67)61-47)21-37(49(35)63)25-41-29-44(58(10,11)12)30-42(52(41)72-18-14-2)26-38-22-34(48-46(54(66)70-16-4)32(6)60-56(68)62-48)20-36(50(38)64)24-40(51)28-43(27-39)57(7,8)9/h19-22,27-30,47-48,63-64H,13-18,23-26H2,1-12H3,(H2,59,61,67)(H2,60,62,68). The van der Waals surface area contributed by atoms with Gasteiger partial charge in [0.25, 0.3) is 0 Å². The van der Waals surface area contributed by atoms with Crippen LogP contribution >= 0.6 is 0 Å². The first-order valence-corrected chi connectivity index (χ1v) is 25.2. The number of fused-ring (bicyclic) bond motifs is 8. The molecule has 2 aliphatic heterocycles. The molecule has 6 N–H and O–H groups in total. The first-order chi connectivity index (χ1) is 34.1. The summed E-state index contributed by atoms with van der Waals surface area (Å²) >= 11 is 0. The highest BCUT2D eigenvalue weighted by molar-refractivity contribution is 5.96. The fourth-order valence-corrected chi connectivity index (χ4v) is 9.79. The maximum Gasteiger partial charge on any atom is 0.338 e. The molecule has 0 radical (unpaired) electrons. The smallest absolute Gasteiger partial charge is 0.338 e. The van der Waals surface area contributed by atoms with Crippen LogP contribution in [-0.4, -0.2) is 60.6 Å². The normalized spacial score (nSPS) is 17.1. The number of ether oxygens (including phenoxy) is 4. The maximum atomic E-state index is 13.7. The highest BCUT2D eigenvalue weighted by Gasteiger charge is 2.36. The number of nitrogens with one attached hydrogen (secondary N) is 4. The minimum atomic E-state index is -0.920. The molecule has 8 bridgehead atoms. The van der Waals surface area contributed by atoms with Gasteiger partial charge >= 0.3 is 24.0 Å². The Kier molecular flexibility index (Phi) is 15.7. The highest BCUT2D eigenvalue weighted by atomic mass is 16.5. The van der Waals surface area contributed by atoms with Crippen molar-refractivity contribution in [1.82, 2.24) is 21.3 Å². The van der Waals surface area contributed by atoms with E-state index in [1.807, 2.05) is 38.1 Å². The topological polar surface area (TPSA) is 194 Å². The third-order valence-electron chi connectivity index (χ3n) is 13.4. The largest absolute Gasteiger partial charge is 0.507 e. The number of esters is 2. The Hall–Kier alpha value is -6.96. The summed E-state index contributed by atoms with van der Waals surface area (Å²) in [6.07, 6.45) is 2.10. The van der Waals surface area contributed by atoms with Crippen LogP contribution in [0.4, 0.5) is 9.59 Å². The average molecular weight is 985 g/mol. The Morgan fingerprint density at radius 2 is 0.833 bits per heavy atom. The lowest BCUT2D eigenvalue weighted by molar-refractivity contribution is -0.140. The molecule has 2 unspecified atom stereocenters. The van der Waals surface area contributed by atoms with E-state index in [0.29, 0.717) is 82.3 Å². The van der Waals surface area contributed by atoms with Gasteiger partial charge in [-0.2, -0.15) is 0 Å². The molecular weight excluding hydrogens is 913 g/mol. The summed E-state index contributed by atoms with van der Waals surface area (Å²) in [5, 5.41) is 36.9. The fourth-order valence-electron chi connectivity index (χ4n) is 9.79. The van der Waals surface area contributed by atoms with Crippen molar-refractivity contribution in [2.24, 2.45) is 0 Å². The first kappa shape index (κ1) is 52.9. The average Bonchev–Trinajstić information content (AvgIpc) is 3.29. The second-order valence-electron chi connectivity index (χ2n) is 21.1. The van der Waals surface area contributed by atoms with E-state index >= 15 is 0 Å². The predicted molar refractivity (Wildman–Crippen MR) is 277 cm³/mol. The molecule has 1 aliphatic carbocycles. The van der Waals surface area contributed by atoms with E-state index in [2.05, 4.69) is 87.1 Å². The van der Waals surface area contributed by atoms with Gasteiger partial charge in [0, 0.05) is 37.1 Å². The number of carbonyl (C=O) groups excluding carboxylic acids is 4. The molecule has 14 nitrogen and oxygen atoms in total. The molecule has 2 heterocycles. The third-order valence-corrected chi connectivity index (χ3v) is 13.4. The van der Waals surface area contributed by atoms with Gasteiger partial charge in [-0.15, -0.1) is 0 Å². The Morgan fingerprint density at radius 3 is 1.10 bits per heavy atom. The van der Waals surface area contributed by atoms with Crippen LogP contribution in [0.1, 0.15) is 175 Å². The number of carbonyl (C=O) groups is 4. The molecule has 0 aromatic heterocycles. The summed E-state index contributed by atoms with van der Waals surface area (Å²) in [6, 6.07) is 13.0. The zero-order chi connectivity index (χ0) is 52.4. The van der Waals surface area contributed by atoms with E-state index in [-0.39, 0.29) is 72.4 Å². The number of urea groups is 2. The molecule has 14 heteroatoms. The lowest BCUT2D eigenvalue weighted by Crippen LogP contribution is -2.45. The van der Waals surface area contributed by atoms with Crippen LogP contribution in [0.3, 0.4) is 0 Å². The lowest BCUT2D eigenvalue weighted by Gasteiger charge is -2.30. The van der Waals surface area contributed by atoms with Gasteiger partial charge in [-0.3, -0.25) is 0 Å². The van der Waals surface area contributed by atoms with Crippen LogP contribution in [0.15, 0.2) is 71.1 Å². The van der Waals surface area contributed by atoms with E-state index in [1.165, 1.54) is 0 Å². The molecule has 4 amide bonds. The van der Waals surface area contributed by atoms with E-state index in [0.717, 1.165) is 33.4 Å². The Morgan fingerprint density at radius 1 is 0.528 bits per heavy atom. The van der Waals surface area contributed by atoms with Gasteiger partial charge in [-0.05, 0) is 142 Å². The van der Waals surface area contributed by atoms with Gasteiger partial charge in [0.15, 0.2) is 0 Å². The van der Waals surface area contributed by atoms with Gasteiger partial charge in [-0.25, -0.2) is 19.2 Å². The van der Waals surface area contributed by atoms with Gasteiger partial charge in [0.1, 0.15) is 23.0 Å². The monoisotopic (exact) mass is 985 g/mol. The molecule has 4 aromatic carbocycles. The zero-order valence-electron chi connectivity index (χ0n) is 44.0. The third kappa shape index (κ3) is 11.2. The Labute approximate surface area is 424 Å². The molecule has 0 fully saturated rings. The molecular formula is C58H72N4O10.